The largest absolute Gasteiger partial charge is 0.481 e. The van der Waals surface area contributed by atoms with E-state index >= 15 is 0 Å². The summed E-state index contributed by atoms with van der Waals surface area (Å²) in [5.41, 5.74) is 1.24. The summed E-state index contributed by atoms with van der Waals surface area (Å²) in [5.74, 6) is -0.447. The number of aryl methyl sites for hydroxylation is 1. The molecule has 64 valence electrons. The van der Waals surface area contributed by atoms with E-state index in [4.69, 9.17) is 5.11 Å². The Hall–Kier alpha value is -0.830. The summed E-state index contributed by atoms with van der Waals surface area (Å²) in [6.07, 6.45) is 0.830. The molecule has 2 rings (SSSR count). The fourth-order valence-electron chi connectivity index (χ4n) is 1.52. The molecule has 1 N–H and O–H groups in total. The van der Waals surface area contributed by atoms with Gasteiger partial charge in [0.1, 0.15) is 0 Å². The number of carboxylic acid groups (broad SMARTS) is 1. The third-order valence-corrected chi connectivity index (χ3v) is 3.50. The molecule has 1 fully saturated rings. The number of thiophene rings is 1. The summed E-state index contributed by atoms with van der Waals surface area (Å²) in [7, 11) is 0. The van der Waals surface area contributed by atoms with Crippen LogP contribution in [0.15, 0.2) is 11.4 Å². The van der Waals surface area contributed by atoms with Gasteiger partial charge in [-0.25, -0.2) is 0 Å². The van der Waals surface area contributed by atoms with Crippen LogP contribution < -0.4 is 0 Å². The third kappa shape index (κ3) is 1.14. The van der Waals surface area contributed by atoms with Gasteiger partial charge in [0, 0.05) is 10.8 Å². The van der Waals surface area contributed by atoms with Crippen LogP contribution in [0.1, 0.15) is 22.8 Å². The fourth-order valence-corrected chi connectivity index (χ4v) is 2.63. The minimum atomic E-state index is -0.646. The maximum Gasteiger partial charge on any atom is 0.307 e. The van der Waals surface area contributed by atoms with Gasteiger partial charge in [-0.1, -0.05) is 0 Å². The summed E-state index contributed by atoms with van der Waals surface area (Å²) in [4.78, 5) is 11.8. The van der Waals surface area contributed by atoms with E-state index in [0.29, 0.717) is 5.92 Å². The molecule has 1 saturated carbocycles. The van der Waals surface area contributed by atoms with Crippen LogP contribution in [-0.2, 0) is 4.79 Å². The van der Waals surface area contributed by atoms with Gasteiger partial charge in [0.15, 0.2) is 0 Å². The molecule has 0 bridgehead atoms. The maximum atomic E-state index is 10.6. The van der Waals surface area contributed by atoms with Crippen LogP contribution in [-0.4, -0.2) is 11.1 Å². The number of carbonyl (C=O) groups is 1. The van der Waals surface area contributed by atoms with Gasteiger partial charge in [-0.3, -0.25) is 4.79 Å². The Morgan fingerprint density at radius 2 is 2.50 bits per heavy atom. The van der Waals surface area contributed by atoms with Gasteiger partial charge in [-0.2, -0.15) is 0 Å². The van der Waals surface area contributed by atoms with Crippen LogP contribution in [0, 0.1) is 12.8 Å². The van der Waals surface area contributed by atoms with E-state index in [-0.39, 0.29) is 5.92 Å². The molecule has 1 aliphatic carbocycles. The second kappa shape index (κ2) is 2.59. The first-order chi connectivity index (χ1) is 5.70. The minimum Gasteiger partial charge on any atom is -0.481 e. The molecular formula is C9H10O2S. The SMILES string of the molecule is Cc1ccsc1[C@@H]1C[C@H]1C(=O)O. The normalized spacial score (nSPS) is 27.1. The van der Waals surface area contributed by atoms with Crippen molar-refractivity contribution in [2.75, 3.05) is 0 Å². The van der Waals surface area contributed by atoms with Crippen molar-refractivity contribution >= 4 is 17.3 Å². The van der Waals surface area contributed by atoms with E-state index in [1.165, 1.54) is 10.4 Å². The topological polar surface area (TPSA) is 37.3 Å². The van der Waals surface area contributed by atoms with Crippen molar-refractivity contribution in [1.82, 2.24) is 0 Å². The molecule has 1 aliphatic rings. The molecule has 2 nitrogen and oxygen atoms in total. The molecule has 1 aromatic heterocycles. The van der Waals surface area contributed by atoms with Gasteiger partial charge >= 0.3 is 5.97 Å². The smallest absolute Gasteiger partial charge is 0.307 e. The van der Waals surface area contributed by atoms with Crippen molar-refractivity contribution in [3.05, 3.63) is 21.9 Å². The number of hydrogen-bond donors (Lipinski definition) is 1. The lowest BCUT2D eigenvalue weighted by Crippen LogP contribution is -1.98. The Kier molecular flexibility index (Phi) is 1.68. The fraction of sp³-hybridized carbons (Fsp3) is 0.444. The Labute approximate surface area is 74.8 Å². The van der Waals surface area contributed by atoms with E-state index in [9.17, 15) is 4.79 Å². The first-order valence-corrected chi connectivity index (χ1v) is 4.85. The predicted octanol–water partition coefficient (Wildman–Crippen LogP) is 2.24. The average Bonchev–Trinajstić information content (AvgIpc) is 2.70. The van der Waals surface area contributed by atoms with Crippen molar-refractivity contribution in [2.24, 2.45) is 5.92 Å². The predicted molar refractivity (Wildman–Crippen MR) is 47.5 cm³/mol. The molecule has 12 heavy (non-hydrogen) atoms. The first-order valence-electron chi connectivity index (χ1n) is 3.97. The molecular weight excluding hydrogens is 172 g/mol. The standard InChI is InChI=1S/C9H10O2S/c1-5-2-3-12-8(5)6-4-7(6)9(10)11/h2-3,6-7H,4H2,1H3,(H,10,11)/t6-,7-/m1/s1. The Balaban J connectivity index is 2.15. The zero-order chi connectivity index (χ0) is 8.72. The minimum absolute atomic E-state index is 0.109. The molecule has 0 aliphatic heterocycles. The van der Waals surface area contributed by atoms with E-state index in [0.717, 1.165) is 6.42 Å². The van der Waals surface area contributed by atoms with Gasteiger partial charge in [-0.15, -0.1) is 11.3 Å². The number of rotatable bonds is 2. The van der Waals surface area contributed by atoms with Crippen LogP contribution in [0.2, 0.25) is 0 Å². The molecule has 1 aromatic rings. The van der Waals surface area contributed by atoms with Crippen LogP contribution in [0.25, 0.3) is 0 Å². The molecule has 0 unspecified atom stereocenters. The van der Waals surface area contributed by atoms with Gasteiger partial charge in [-0.05, 0) is 30.4 Å². The van der Waals surface area contributed by atoms with Crippen molar-refractivity contribution in [3.8, 4) is 0 Å². The van der Waals surface area contributed by atoms with Gasteiger partial charge in [0.2, 0.25) is 0 Å². The molecule has 0 saturated heterocycles. The molecule has 0 aromatic carbocycles. The molecule has 0 spiro atoms. The zero-order valence-corrected chi connectivity index (χ0v) is 7.60. The molecule has 1 heterocycles. The van der Waals surface area contributed by atoms with Crippen LogP contribution >= 0.6 is 11.3 Å². The van der Waals surface area contributed by atoms with Crippen LogP contribution in [0.3, 0.4) is 0 Å². The van der Waals surface area contributed by atoms with Crippen molar-refractivity contribution < 1.29 is 9.90 Å². The summed E-state index contributed by atoms with van der Waals surface area (Å²) in [6, 6.07) is 2.05. The van der Waals surface area contributed by atoms with E-state index in [1.54, 1.807) is 11.3 Å². The molecule has 0 amide bonds. The zero-order valence-electron chi connectivity index (χ0n) is 6.78. The molecule has 2 atom stereocenters. The lowest BCUT2D eigenvalue weighted by Gasteiger charge is -1.94. The number of carboxylic acids is 1. The highest BCUT2D eigenvalue weighted by molar-refractivity contribution is 7.10. The second-order valence-corrected chi connectivity index (χ2v) is 4.20. The lowest BCUT2D eigenvalue weighted by molar-refractivity contribution is -0.138. The Morgan fingerprint density at radius 1 is 1.75 bits per heavy atom. The van der Waals surface area contributed by atoms with E-state index in [1.807, 2.05) is 12.3 Å². The van der Waals surface area contributed by atoms with E-state index in [2.05, 4.69) is 6.07 Å². The highest BCUT2D eigenvalue weighted by Crippen LogP contribution is 2.50. The summed E-state index contributed by atoms with van der Waals surface area (Å²) < 4.78 is 0. The number of hydrogen-bond acceptors (Lipinski definition) is 2. The molecule has 3 heteroatoms. The highest BCUT2D eigenvalue weighted by Gasteiger charge is 2.45. The summed E-state index contributed by atoms with van der Waals surface area (Å²) in [6.45, 7) is 2.04. The van der Waals surface area contributed by atoms with E-state index < -0.39 is 5.97 Å². The quantitative estimate of drug-likeness (QED) is 0.761. The van der Waals surface area contributed by atoms with Gasteiger partial charge < -0.3 is 5.11 Å². The first kappa shape index (κ1) is 7.80. The van der Waals surface area contributed by atoms with Gasteiger partial charge in [0.25, 0.3) is 0 Å². The second-order valence-electron chi connectivity index (χ2n) is 3.25. The average molecular weight is 182 g/mol. The Bertz CT molecular complexity index is 316. The monoisotopic (exact) mass is 182 g/mol. The highest BCUT2D eigenvalue weighted by atomic mass is 32.1. The van der Waals surface area contributed by atoms with Gasteiger partial charge in [0.05, 0.1) is 5.92 Å². The number of aliphatic carboxylic acids is 1. The van der Waals surface area contributed by atoms with Crippen molar-refractivity contribution in [3.63, 3.8) is 0 Å². The van der Waals surface area contributed by atoms with Crippen LogP contribution in [0.4, 0.5) is 0 Å². The summed E-state index contributed by atoms with van der Waals surface area (Å²) in [5, 5.41) is 10.7. The van der Waals surface area contributed by atoms with Crippen molar-refractivity contribution in [2.45, 2.75) is 19.3 Å². The third-order valence-electron chi connectivity index (χ3n) is 2.35. The summed E-state index contributed by atoms with van der Waals surface area (Å²) >= 11 is 1.68. The Morgan fingerprint density at radius 3 is 2.92 bits per heavy atom. The van der Waals surface area contributed by atoms with Crippen molar-refractivity contribution in [1.29, 1.82) is 0 Å². The lowest BCUT2D eigenvalue weighted by atomic mass is 10.2. The maximum absolute atomic E-state index is 10.6. The molecule has 0 radical (unpaired) electrons. The van der Waals surface area contributed by atoms with Crippen LogP contribution in [0.5, 0.6) is 0 Å².